The Morgan fingerprint density at radius 1 is 0.414 bits per heavy atom. The van der Waals surface area contributed by atoms with Crippen molar-refractivity contribution in [2.45, 2.75) is 13.5 Å². The summed E-state index contributed by atoms with van der Waals surface area (Å²) in [5.74, 6) is 0.869. The molecular formula is C54H37N3O. The van der Waals surface area contributed by atoms with Crippen LogP contribution in [0, 0.1) is 0 Å². The number of hydrogen-bond donors (Lipinski definition) is 0. The third-order valence-corrected chi connectivity index (χ3v) is 11.7. The van der Waals surface area contributed by atoms with Crippen LogP contribution >= 0.6 is 0 Å². The zero-order chi connectivity index (χ0) is 38.7. The third-order valence-electron chi connectivity index (χ3n) is 11.7. The molecule has 11 rings (SSSR count). The van der Waals surface area contributed by atoms with Gasteiger partial charge in [-0.25, -0.2) is 4.98 Å². The monoisotopic (exact) mass is 743 g/mol. The van der Waals surface area contributed by atoms with Crippen LogP contribution < -0.4 is 5.56 Å². The van der Waals surface area contributed by atoms with Crippen LogP contribution in [0.25, 0.3) is 105 Å². The Morgan fingerprint density at radius 2 is 0.897 bits per heavy atom. The summed E-state index contributed by atoms with van der Waals surface area (Å²) in [6.07, 6.45) is 0. The smallest absolute Gasteiger partial charge is 0.263 e. The van der Waals surface area contributed by atoms with E-state index < -0.39 is 0 Å². The molecule has 0 amide bonds. The predicted octanol–water partition coefficient (Wildman–Crippen LogP) is 13.5. The van der Waals surface area contributed by atoms with Crippen molar-refractivity contribution in [3.8, 4) is 50.5 Å². The second-order valence-corrected chi connectivity index (χ2v) is 14.9. The van der Waals surface area contributed by atoms with E-state index in [1.165, 1.54) is 33.0 Å². The van der Waals surface area contributed by atoms with E-state index in [1.54, 1.807) is 0 Å². The van der Waals surface area contributed by atoms with Gasteiger partial charge < -0.3 is 4.57 Å². The van der Waals surface area contributed by atoms with Crippen molar-refractivity contribution < 1.29 is 0 Å². The summed E-state index contributed by atoms with van der Waals surface area (Å²) in [6.45, 7) is 2.91. The molecule has 0 aliphatic rings. The lowest BCUT2D eigenvalue weighted by molar-refractivity contribution is 0.796. The number of hydrogen-bond acceptors (Lipinski definition) is 2. The summed E-state index contributed by atoms with van der Waals surface area (Å²) < 4.78 is 4.18. The molecule has 0 fully saturated rings. The molecule has 0 atom stereocenters. The van der Waals surface area contributed by atoms with Gasteiger partial charge in [-0.2, -0.15) is 0 Å². The molecule has 274 valence electrons. The van der Waals surface area contributed by atoms with Gasteiger partial charge in [0.1, 0.15) is 5.82 Å². The maximum atomic E-state index is 14.8. The van der Waals surface area contributed by atoms with E-state index in [9.17, 15) is 4.79 Å². The van der Waals surface area contributed by atoms with Crippen LogP contribution in [-0.2, 0) is 6.54 Å². The van der Waals surface area contributed by atoms with E-state index in [1.807, 2.05) is 47.0 Å². The first kappa shape index (κ1) is 33.8. The molecular weight excluding hydrogens is 707 g/mol. The summed E-state index contributed by atoms with van der Waals surface area (Å²) in [4.78, 5) is 20.0. The SMILES string of the molecule is CCn1c(-c2cc(-c3c4ccccc4c(-c4ccc(-c5ccccc5)cc4)c4ccccc34)cc(-n3c(=O)c4ccccc4c4ccccc43)c2)nc2ccccc21. The molecule has 0 aliphatic heterocycles. The van der Waals surface area contributed by atoms with Crippen molar-refractivity contribution in [1.82, 2.24) is 14.1 Å². The van der Waals surface area contributed by atoms with Crippen molar-refractivity contribution in [1.29, 1.82) is 0 Å². The number of para-hydroxylation sites is 3. The first-order valence-corrected chi connectivity index (χ1v) is 19.9. The van der Waals surface area contributed by atoms with E-state index >= 15 is 0 Å². The average Bonchev–Trinajstić information content (AvgIpc) is 3.67. The maximum absolute atomic E-state index is 14.8. The normalized spacial score (nSPS) is 11.7. The van der Waals surface area contributed by atoms with Crippen LogP contribution in [0.4, 0.5) is 0 Å². The molecule has 0 saturated heterocycles. The van der Waals surface area contributed by atoms with Crippen LogP contribution in [0.5, 0.6) is 0 Å². The fraction of sp³-hybridized carbons (Fsp3) is 0.0370. The van der Waals surface area contributed by atoms with E-state index in [4.69, 9.17) is 4.98 Å². The molecule has 0 bridgehead atoms. The average molecular weight is 744 g/mol. The summed E-state index contributed by atoms with van der Waals surface area (Å²) >= 11 is 0. The Hall–Kier alpha value is -7.56. The van der Waals surface area contributed by atoms with Gasteiger partial charge in [0.05, 0.1) is 22.2 Å². The van der Waals surface area contributed by atoms with Gasteiger partial charge in [0.2, 0.25) is 0 Å². The van der Waals surface area contributed by atoms with Gasteiger partial charge in [-0.1, -0.05) is 152 Å². The first-order chi connectivity index (χ1) is 28.7. The Labute approximate surface area is 335 Å². The lowest BCUT2D eigenvalue weighted by Gasteiger charge is -2.20. The second-order valence-electron chi connectivity index (χ2n) is 14.9. The van der Waals surface area contributed by atoms with Crippen molar-refractivity contribution >= 4 is 54.3 Å². The second kappa shape index (κ2) is 13.6. The molecule has 0 aliphatic carbocycles. The highest BCUT2D eigenvalue weighted by atomic mass is 16.1. The van der Waals surface area contributed by atoms with Crippen LogP contribution in [0.3, 0.4) is 0 Å². The molecule has 4 nitrogen and oxygen atoms in total. The third kappa shape index (κ3) is 5.30. The fourth-order valence-corrected chi connectivity index (χ4v) is 9.13. The highest BCUT2D eigenvalue weighted by Crippen LogP contribution is 2.45. The minimum atomic E-state index is -0.0505. The van der Waals surface area contributed by atoms with E-state index in [0.29, 0.717) is 5.39 Å². The number of imidazole rings is 1. The Kier molecular flexibility index (Phi) is 7.90. The Bertz CT molecular complexity index is 3390. The molecule has 58 heavy (non-hydrogen) atoms. The van der Waals surface area contributed by atoms with Crippen molar-refractivity contribution in [2.24, 2.45) is 0 Å². The minimum absolute atomic E-state index is 0.0505. The largest absolute Gasteiger partial charge is 0.324 e. The number of pyridine rings is 1. The van der Waals surface area contributed by atoms with Crippen LogP contribution in [-0.4, -0.2) is 14.1 Å². The molecule has 0 radical (unpaired) electrons. The van der Waals surface area contributed by atoms with Crippen LogP contribution in [0.15, 0.2) is 199 Å². The highest BCUT2D eigenvalue weighted by Gasteiger charge is 2.21. The number of aromatic nitrogens is 3. The topological polar surface area (TPSA) is 39.8 Å². The molecule has 9 aromatic carbocycles. The van der Waals surface area contributed by atoms with Gasteiger partial charge in [0.25, 0.3) is 5.56 Å². The van der Waals surface area contributed by atoms with E-state index in [2.05, 4.69) is 163 Å². The van der Waals surface area contributed by atoms with Gasteiger partial charge >= 0.3 is 0 Å². The molecule has 2 heterocycles. The van der Waals surface area contributed by atoms with E-state index in [0.717, 1.165) is 72.8 Å². The zero-order valence-electron chi connectivity index (χ0n) is 31.9. The molecule has 0 saturated carbocycles. The molecule has 2 aromatic heterocycles. The van der Waals surface area contributed by atoms with Crippen LogP contribution in [0.1, 0.15) is 6.92 Å². The number of nitrogens with zero attached hydrogens (tertiary/aromatic N) is 3. The number of benzene rings is 9. The maximum Gasteiger partial charge on any atom is 0.263 e. The summed E-state index contributed by atoms with van der Waals surface area (Å²) in [5, 5.41) is 7.30. The lowest BCUT2D eigenvalue weighted by atomic mass is 9.85. The predicted molar refractivity (Wildman–Crippen MR) is 243 cm³/mol. The Balaban J connectivity index is 1.23. The van der Waals surface area contributed by atoms with Crippen molar-refractivity contribution in [3.05, 3.63) is 204 Å². The molecule has 0 spiro atoms. The quantitative estimate of drug-likeness (QED) is 0.126. The highest BCUT2D eigenvalue weighted by molar-refractivity contribution is 6.21. The zero-order valence-corrected chi connectivity index (χ0v) is 31.9. The minimum Gasteiger partial charge on any atom is -0.324 e. The Morgan fingerprint density at radius 3 is 1.55 bits per heavy atom. The van der Waals surface area contributed by atoms with Crippen LogP contribution in [0.2, 0.25) is 0 Å². The standard InChI is InChI=1S/C54H37N3O/c1-2-56-50-27-15-13-25-48(50)55-53(56)39-32-38(33-40(34-39)57-49-26-14-12-19-42(49)41-18-6-11-24-47(41)54(57)58)52-45-22-9-7-20-43(45)51(44-21-8-10-23-46(44)52)37-30-28-36(29-31-37)35-16-4-3-5-17-35/h3-34H,2H2,1H3. The van der Waals surface area contributed by atoms with Crippen molar-refractivity contribution in [2.75, 3.05) is 0 Å². The first-order valence-electron chi connectivity index (χ1n) is 19.9. The molecule has 4 heteroatoms. The molecule has 11 aromatic rings. The van der Waals surface area contributed by atoms with E-state index in [-0.39, 0.29) is 5.56 Å². The number of fused-ring (bicyclic) bond motifs is 6. The van der Waals surface area contributed by atoms with Gasteiger partial charge in [-0.05, 0) is 110 Å². The van der Waals surface area contributed by atoms with Gasteiger partial charge in [0, 0.05) is 22.9 Å². The lowest BCUT2D eigenvalue weighted by Crippen LogP contribution is -2.19. The summed E-state index contributed by atoms with van der Waals surface area (Å²) in [7, 11) is 0. The molecule has 0 N–H and O–H groups in total. The fourth-order valence-electron chi connectivity index (χ4n) is 9.13. The van der Waals surface area contributed by atoms with Gasteiger partial charge in [-0.15, -0.1) is 0 Å². The van der Waals surface area contributed by atoms with Gasteiger partial charge in [-0.3, -0.25) is 9.36 Å². The summed E-state index contributed by atoms with van der Waals surface area (Å²) in [6, 6.07) is 68.1. The summed E-state index contributed by atoms with van der Waals surface area (Å²) in [5.41, 5.74) is 11.5. The van der Waals surface area contributed by atoms with Gasteiger partial charge in [0.15, 0.2) is 0 Å². The number of rotatable bonds is 6. The molecule has 0 unspecified atom stereocenters. The number of aryl methyl sites for hydroxylation is 1. The van der Waals surface area contributed by atoms with Crippen molar-refractivity contribution in [3.63, 3.8) is 0 Å².